The summed E-state index contributed by atoms with van der Waals surface area (Å²) in [5.74, 6) is -0.858. The highest BCUT2D eigenvalue weighted by atomic mass is 32.2. The lowest BCUT2D eigenvalue weighted by atomic mass is 10.2. The molecule has 1 aliphatic heterocycles. The zero-order valence-electron chi connectivity index (χ0n) is 19.3. The molecule has 2 aromatic carbocycles. The number of nitrogens with zero attached hydrogens (tertiary/aromatic N) is 3. The minimum Gasteiger partial charge on any atom is -0.462 e. The molecule has 0 radical (unpaired) electrons. The van der Waals surface area contributed by atoms with Crippen LogP contribution in [0.1, 0.15) is 34.2 Å². The van der Waals surface area contributed by atoms with Crippen molar-refractivity contribution in [3.63, 3.8) is 0 Å². The molecule has 3 aromatic rings. The van der Waals surface area contributed by atoms with Crippen molar-refractivity contribution in [1.82, 2.24) is 9.47 Å². The van der Waals surface area contributed by atoms with Crippen molar-refractivity contribution in [2.45, 2.75) is 20.8 Å². The molecule has 8 heteroatoms. The molecule has 1 amide bonds. The summed E-state index contributed by atoms with van der Waals surface area (Å²) in [6, 6.07) is 15.3. The van der Waals surface area contributed by atoms with Gasteiger partial charge < -0.3 is 9.30 Å². The molecule has 6 nitrogen and oxygen atoms in total. The Morgan fingerprint density at radius 3 is 2.53 bits per heavy atom. The monoisotopic (exact) mass is 477 g/mol. The number of carbonyl (C=O) groups excluding carboxylic acids is 2. The van der Waals surface area contributed by atoms with Crippen LogP contribution in [-0.2, 0) is 9.53 Å². The number of rotatable bonds is 5. The highest BCUT2D eigenvalue weighted by Gasteiger charge is 2.31. The van der Waals surface area contributed by atoms with Gasteiger partial charge in [0.15, 0.2) is 5.17 Å². The Morgan fingerprint density at radius 1 is 1.15 bits per heavy atom. The summed E-state index contributed by atoms with van der Waals surface area (Å²) in [5.41, 5.74) is 4.08. The Labute approximate surface area is 201 Å². The van der Waals surface area contributed by atoms with Crippen LogP contribution >= 0.6 is 11.8 Å². The molecule has 0 saturated carbocycles. The summed E-state index contributed by atoms with van der Waals surface area (Å²) in [6.45, 7) is 5.87. The number of aliphatic imine (C=N–C) groups is 1. The van der Waals surface area contributed by atoms with Crippen LogP contribution in [0.25, 0.3) is 11.8 Å². The lowest BCUT2D eigenvalue weighted by Gasteiger charge is -2.10. The van der Waals surface area contributed by atoms with Crippen LogP contribution in [0, 0.1) is 19.7 Å². The number of carbonyl (C=O) groups is 2. The standard InChI is InChI=1S/C26H24FN3O3S/c1-5-33-25(32)18-10-12-20(13-11-18)28-26-29(4)24(31)23(34-26)15-19-14-16(2)30(17(19)3)22-9-7-6-8-21(22)27/h6-15H,5H2,1-4H3/b23-15-,28-26?. The summed E-state index contributed by atoms with van der Waals surface area (Å²) in [5, 5.41) is 0.531. The number of aromatic nitrogens is 1. The molecule has 1 aromatic heterocycles. The number of esters is 1. The van der Waals surface area contributed by atoms with Crippen molar-refractivity contribution in [3.8, 4) is 5.69 Å². The normalized spacial score (nSPS) is 16.0. The Balaban J connectivity index is 1.61. The predicted octanol–water partition coefficient (Wildman–Crippen LogP) is 5.64. The van der Waals surface area contributed by atoms with Crippen LogP contribution in [-0.4, -0.2) is 40.2 Å². The van der Waals surface area contributed by atoms with Gasteiger partial charge in [-0.1, -0.05) is 12.1 Å². The van der Waals surface area contributed by atoms with E-state index in [4.69, 9.17) is 4.74 Å². The van der Waals surface area contributed by atoms with Crippen molar-refractivity contribution in [2.75, 3.05) is 13.7 Å². The van der Waals surface area contributed by atoms with Crippen molar-refractivity contribution < 1.29 is 18.7 Å². The van der Waals surface area contributed by atoms with E-state index in [-0.39, 0.29) is 17.7 Å². The van der Waals surface area contributed by atoms with Crippen molar-refractivity contribution in [1.29, 1.82) is 0 Å². The van der Waals surface area contributed by atoms with E-state index in [9.17, 15) is 14.0 Å². The summed E-state index contributed by atoms with van der Waals surface area (Å²) >= 11 is 1.27. The zero-order valence-corrected chi connectivity index (χ0v) is 20.1. The van der Waals surface area contributed by atoms with Gasteiger partial charge in [-0.3, -0.25) is 9.69 Å². The average molecular weight is 478 g/mol. The van der Waals surface area contributed by atoms with Crippen LogP contribution in [0.5, 0.6) is 0 Å². The van der Waals surface area contributed by atoms with Crippen LogP contribution in [0.4, 0.5) is 10.1 Å². The van der Waals surface area contributed by atoms with Gasteiger partial charge in [-0.05, 0) is 86.6 Å². The third kappa shape index (κ3) is 4.54. The fourth-order valence-electron chi connectivity index (χ4n) is 3.73. The van der Waals surface area contributed by atoms with E-state index in [1.807, 2.05) is 30.6 Å². The number of benzene rings is 2. The number of halogens is 1. The molecular formula is C26H24FN3O3S. The second-order valence-corrected chi connectivity index (χ2v) is 8.76. The van der Waals surface area contributed by atoms with Gasteiger partial charge >= 0.3 is 5.97 Å². The average Bonchev–Trinajstić information content (AvgIpc) is 3.24. The largest absolute Gasteiger partial charge is 0.462 e. The van der Waals surface area contributed by atoms with E-state index in [2.05, 4.69) is 4.99 Å². The Morgan fingerprint density at radius 2 is 1.85 bits per heavy atom. The molecule has 34 heavy (non-hydrogen) atoms. The van der Waals surface area contributed by atoms with Gasteiger partial charge in [-0.15, -0.1) is 0 Å². The molecule has 4 rings (SSSR count). The van der Waals surface area contributed by atoms with E-state index in [0.29, 0.717) is 33.6 Å². The molecule has 0 atom stereocenters. The molecule has 1 fully saturated rings. The lowest BCUT2D eigenvalue weighted by Crippen LogP contribution is -2.23. The SMILES string of the molecule is CCOC(=O)c1ccc(N=C2S/C(=C\c3cc(C)n(-c4ccccc4F)c3C)C(=O)N2C)cc1. The number of ether oxygens (including phenoxy) is 1. The van der Waals surface area contributed by atoms with E-state index >= 15 is 0 Å². The first-order valence-electron chi connectivity index (χ1n) is 10.8. The molecule has 0 N–H and O–H groups in total. The second kappa shape index (κ2) is 9.69. The topological polar surface area (TPSA) is 63.9 Å². The van der Waals surface area contributed by atoms with E-state index < -0.39 is 0 Å². The molecule has 0 unspecified atom stereocenters. The first-order chi connectivity index (χ1) is 16.3. The first kappa shape index (κ1) is 23.5. The number of thioether (sulfide) groups is 1. The van der Waals surface area contributed by atoms with Gasteiger partial charge in [0.1, 0.15) is 5.82 Å². The van der Waals surface area contributed by atoms with Crippen molar-refractivity contribution in [2.24, 2.45) is 4.99 Å². The number of hydrogen-bond donors (Lipinski definition) is 0. The Kier molecular flexibility index (Phi) is 6.70. The quantitative estimate of drug-likeness (QED) is 0.352. The number of para-hydroxylation sites is 1. The smallest absolute Gasteiger partial charge is 0.338 e. The van der Waals surface area contributed by atoms with E-state index in [1.165, 1.54) is 22.7 Å². The molecule has 174 valence electrons. The summed E-state index contributed by atoms with van der Waals surface area (Å²) in [4.78, 5) is 31.3. The van der Waals surface area contributed by atoms with Gasteiger partial charge in [0.2, 0.25) is 0 Å². The summed E-state index contributed by atoms with van der Waals surface area (Å²) in [7, 11) is 1.67. The van der Waals surface area contributed by atoms with Crippen LogP contribution in [0.3, 0.4) is 0 Å². The molecule has 0 aliphatic carbocycles. The molecule has 1 saturated heterocycles. The van der Waals surface area contributed by atoms with Gasteiger partial charge in [0, 0.05) is 18.4 Å². The molecule has 0 bridgehead atoms. The predicted molar refractivity (Wildman–Crippen MR) is 133 cm³/mol. The molecule has 1 aliphatic rings. The maximum Gasteiger partial charge on any atom is 0.338 e. The van der Waals surface area contributed by atoms with Crippen LogP contribution in [0.2, 0.25) is 0 Å². The lowest BCUT2D eigenvalue weighted by molar-refractivity contribution is -0.121. The minimum absolute atomic E-state index is 0.164. The minimum atomic E-state index is -0.387. The van der Waals surface area contributed by atoms with Gasteiger partial charge in [0.05, 0.1) is 28.5 Å². The number of amidine groups is 1. The zero-order chi connectivity index (χ0) is 24.4. The van der Waals surface area contributed by atoms with Crippen LogP contribution < -0.4 is 0 Å². The fourth-order valence-corrected chi connectivity index (χ4v) is 4.71. The molecular weight excluding hydrogens is 453 g/mol. The highest BCUT2D eigenvalue weighted by molar-refractivity contribution is 8.18. The second-order valence-electron chi connectivity index (χ2n) is 7.75. The van der Waals surface area contributed by atoms with Crippen LogP contribution in [0.15, 0.2) is 64.5 Å². The van der Waals surface area contributed by atoms with E-state index in [1.54, 1.807) is 56.4 Å². The first-order valence-corrected chi connectivity index (χ1v) is 11.6. The Bertz CT molecular complexity index is 1330. The van der Waals surface area contributed by atoms with Crippen molar-refractivity contribution in [3.05, 3.63) is 87.8 Å². The fraction of sp³-hybridized carbons (Fsp3) is 0.192. The number of amides is 1. The number of hydrogen-bond acceptors (Lipinski definition) is 5. The van der Waals surface area contributed by atoms with Gasteiger partial charge in [-0.2, -0.15) is 0 Å². The van der Waals surface area contributed by atoms with Gasteiger partial charge in [-0.25, -0.2) is 14.2 Å². The summed E-state index contributed by atoms with van der Waals surface area (Å²) in [6.07, 6.45) is 1.82. The molecule has 0 spiro atoms. The summed E-state index contributed by atoms with van der Waals surface area (Å²) < 4.78 is 21.2. The van der Waals surface area contributed by atoms with E-state index in [0.717, 1.165) is 17.0 Å². The maximum atomic E-state index is 14.4. The third-order valence-electron chi connectivity index (χ3n) is 5.46. The highest BCUT2D eigenvalue weighted by Crippen LogP contribution is 2.34. The number of likely N-dealkylation sites (N-methyl/N-ethyl adjacent to an activating group) is 1. The van der Waals surface area contributed by atoms with Crippen molar-refractivity contribution >= 4 is 40.6 Å². The number of aryl methyl sites for hydroxylation is 1. The van der Waals surface area contributed by atoms with Gasteiger partial charge in [0.25, 0.3) is 5.91 Å². The Hall–Kier alpha value is -3.65. The third-order valence-corrected chi connectivity index (χ3v) is 6.52. The molecule has 2 heterocycles. The maximum absolute atomic E-state index is 14.4.